The molecule has 3 aromatic rings. The predicted octanol–water partition coefficient (Wildman–Crippen LogP) is 3.56. The van der Waals surface area contributed by atoms with Crippen molar-refractivity contribution in [1.29, 1.82) is 0 Å². The lowest BCUT2D eigenvalue weighted by Crippen LogP contribution is -2.29. The molecule has 5 nitrogen and oxygen atoms in total. The van der Waals surface area contributed by atoms with Gasteiger partial charge in [-0.2, -0.15) is 0 Å². The van der Waals surface area contributed by atoms with Gasteiger partial charge in [-0.1, -0.05) is 18.2 Å². The van der Waals surface area contributed by atoms with Crippen molar-refractivity contribution in [2.75, 3.05) is 16.8 Å². The van der Waals surface area contributed by atoms with Crippen molar-refractivity contribution in [1.82, 2.24) is 9.97 Å². The minimum atomic E-state index is -0.302. The molecule has 1 N–H and O–H groups in total. The first kappa shape index (κ1) is 15.3. The lowest BCUT2D eigenvalue weighted by atomic mass is 10.2. The number of rotatable bonds is 3. The van der Waals surface area contributed by atoms with Crippen LogP contribution < -0.4 is 10.2 Å². The maximum absolute atomic E-state index is 12.9. The SMILES string of the molecule is O=C(c1cnc(Nc2ccc(F)cc2)cn1)N1CCc2ccccc21. The van der Waals surface area contributed by atoms with Crippen LogP contribution in [0.2, 0.25) is 0 Å². The zero-order valence-corrected chi connectivity index (χ0v) is 13.3. The van der Waals surface area contributed by atoms with Crippen LogP contribution in [0.5, 0.6) is 0 Å². The highest BCUT2D eigenvalue weighted by molar-refractivity contribution is 6.05. The van der Waals surface area contributed by atoms with E-state index in [4.69, 9.17) is 0 Å². The summed E-state index contributed by atoms with van der Waals surface area (Å²) in [4.78, 5) is 22.9. The Morgan fingerprint density at radius 1 is 1.04 bits per heavy atom. The van der Waals surface area contributed by atoms with Gasteiger partial charge in [0.25, 0.3) is 5.91 Å². The molecule has 1 aliphatic rings. The van der Waals surface area contributed by atoms with Gasteiger partial charge >= 0.3 is 0 Å². The lowest BCUT2D eigenvalue weighted by molar-refractivity contribution is 0.0984. The van der Waals surface area contributed by atoms with Crippen LogP contribution in [0.4, 0.5) is 21.6 Å². The smallest absolute Gasteiger partial charge is 0.278 e. The second-order valence-corrected chi connectivity index (χ2v) is 5.75. The number of fused-ring (bicyclic) bond motifs is 1. The summed E-state index contributed by atoms with van der Waals surface area (Å²) in [5, 5.41) is 3.02. The van der Waals surface area contributed by atoms with E-state index in [0.29, 0.717) is 23.7 Å². The molecule has 1 amide bonds. The maximum atomic E-state index is 12.9. The first-order valence-electron chi connectivity index (χ1n) is 7.95. The highest BCUT2D eigenvalue weighted by Crippen LogP contribution is 2.28. The molecule has 0 radical (unpaired) electrons. The molecule has 4 rings (SSSR count). The molecule has 0 aliphatic carbocycles. The molecule has 1 aliphatic heterocycles. The van der Waals surface area contributed by atoms with Gasteiger partial charge < -0.3 is 10.2 Å². The number of para-hydroxylation sites is 1. The molecule has 0 unspecified atom stereocenters. The van der Waals surface area contributed by atoms with E-state index in [0.717, 1.165) is 12.1 Å². The highest BCUT2D eigenvalue weighted by atomic mass is 19.1. The minimum Gasteiger partial charge on any atom is -0.339 e. The Morgan fingerprint density at radius 2 is 1.84 bits per heavy atom. The fraction of sp³-hybridized carbons (Fsp3) is 0.105. The number of benzene rings is 2. The van der Waals surface area contributed by atoms with Crippen LogP contribution in [0.25, 0.3) is 0 Å². The zero-order chi connectivity index (χ0) is 17.2. The monoisotopic (exact) mass is 334 g/mol. The Morgan fingerprint density at radius 3 is 2.60 bits per heavy atom. The number of anilines is 3. The Hall–Kier alpha value is -3.28. The van der Waals surface area contributed by atoms with Gasteiger partial charge in [0.2, 0.25) is 0 Å². The standard InChI is InChI=1S/C19H15FN4O/c20-14-5-7-15(8-6-14)23-18-12-21-16(11-22-18)19(25)24-10-9-13-3-1-2-4-17(13)24/h1-8,11-12H,9-10H2,(H,22,23). The van der Waals surface area contributed by atoms with E-state index in [1.807, 2.05) is 24.3 Å². The third-order valence-corrected chi connectivity index (χ3v) is 4.12. The van der Waals surface area contributed by atoms with E-state index in [-0.39, 0.29) is 11.7 Å². The number of amides is 1. The average molecular weight is 334 g/mol. The van der Waals surface area contributed by atoms with Crippen molar-refractivity contribution >= 4 is 23.1 Å². The van der Waals surface area contributed by atoms with E-state index in [9.17, 15) is 9.18 Å². The second kappa shape index (κ2) is 6.32. The molecule has 0 fully saturated rings. The van der Waals surface area contributed by atoms with E-state index in [1.165, 1.54) is 30.1 Å². The average Bonchev–Trinajstić information content (AvgIpc) is 3.08. The topological polar surface area (TPSA) is 58.1 Å². The maximum Gasteiger partial charge on any atom is 0.278 e. The minimum absolute atomic E-state index is 0.161. The van der Waals surface area contributed by atoms with Crippen LogP contribution in [0, 0.1) is 5.82 Å². The fourth-order valence-electron chi connectivity index (χ4n) is 2.87. The number of hydrogen-bond acceptors (Lipinski definition) is 4. The van der Waals surface area contributed by atoms with Crippen molar-refractivity contribution in [3.8, 4) is 0 Å². The molecule has 2 aromatic carbocycles. The summed E-state index contributed by atoms with van der Waals surface area (Å²) in [5.41, 5.74) is 3.09. The number of carbonyl (C=O) groups excluding carboxylic acids is 1. The molecule has 0 saturated carbocycles. The summed E-state index contributed by atoms with van der Waals surface area (Å²) in [6.07, 6.45) is 3.80. The Bertz CT molecular complexity index is 909. The van der Waals surface area contributed by atoms with Gasteiger partial charge in [-0.15, -0.1) is 0 Å². The number of nitrogens with zero attached hydrogens (tertiary/aromatic N) is 3. The quantitative estimate of drug-likeness (QED) is 0.796. The summed E-state index contributed by atoms with van der Waals surface area (Å²) in [6.45, 7) is 0.648. The molecule has 0 spiro atoms. The molecular weight excluding hydrogens is 319 g/mol. The van der Waals surface area contributed by atoms with Gasteiger partial charge in [0.15, 0.2) is 0 Å². The van der Waals surface area contributed by atoms with Crippen LogP contribution >= 0.6 is 0 Å². The first-order valence-corrected chi connectivity index (χ1v) is 7.95. The summed E-state index contributed by atoms with van der Waals surface area (Å²) < 4.78 is 12.9. The van der Waals surface area contributed by atoms with Crippen LogP contribution in [0.1, 0.15) is 16.1 Å². The molecule has 124 valence electrons. The van der Waals surface area contributed by atoms with Crippen molar-refractivity contribution in [2.24, 2.45) is 0 Å². The largest absolute Gasteiger partial charge is 0.339 e. The van der Waals surface area contributed by atoms with Gasteiger partial charge in [0.1, 0.15) is 17.3 Å². The summed E-state index contributed by atoms with van der Waals surface area (Å²) in [6, 6.07) is 13.8. The number of hydrogen-bond donors (Lipinski definition) is 1. The molecule has 0 bridgehead atoms. The molecule has 0 saturated heterocycles. The first-order chi connectivity index (χ1) is 12.2. The van der Waals surface area contributed by atoms with Crippen molar-refractivity contribution in [3.05, 3.63) is 78.0 Å². The van der Waals surface area contributed by atoms with Crippen molar-refractivity contribution < 1.29 is 9.18 Å². The van der Waals surface area contributed by atoms with Gasteiger partial charge in [-0.3, -0.25) is 4.79 Å². The van der Waals surface area contributed by atoms with E-state index >= 15 is 0 Å². The van der Waals surface area contributed by atoms with Gasteiger partial charge in [0, 0.05) is 17.9 Å². The third-order valence-electron chi connectivity index (χ3n) is 4.12. The van der Waals surface area contributed by atoms with Gasteiger partial charge in [-0.25, -0.2) is 14.4 Å². The Labute approximate surface area is 144 Å². The third kappa shape index (κ3) is 3.06. The fourth-order valence-corrected chi connectivity index (χ4v) is 2.87. The van der Waals surface area contributed by atoms with Crippen LogP contribution in [-0.2, 0) is 6.42 Å². The summed E-state index contributed by atoms with van der Waals surface area (Å²) in [5.74, 6) is 0.0271. The normalized spacial score (nSPS) is 12.8. The molecule has 1 aromatic heterocycles. The van der Waals surface area contributed by atoms with Crippen molar-refractivity contribution in [3.63, 3.8) is 0 Å². The Kier molecular flexibility index (Phi) is 3.85. The lowest BCUT2D eigenvalue weighted by Gasteiger charge is -2.16. The zero-order valence-electron chi connectivity index (χ0n) is 13.3. The number of aromatic nitrogens is 2. The van der Waals surface area contributed by atoms with Crippen LogP contribution in [0.3, 0.4) is 0 Å². The summed E-state index contributed by atoms with van der Waals surface area (Å²) in [7, 11) is 0. The molecule has 0 atom stereocenters. The summed E-state index contributed by atoms with van der Waals surface area (Å²) >= 11 is 0. The Balaban J connectivity index is 1.50. The number of halogens is 1. The molecular formula is C19H15FN4O. The van der Waals surface area contributed by atoms with Crippen LogP contribution in [0.15, 0.2) is 60.9 Å². The molecule has 2 heterocycles. The van der Waals surface area contributed by atoms with E-state index in [2.05, 4.69) is 15.3 Å². The van der Waals surface area contributed by atoms with E-state index in [1.54, 1.807) is 17.0 Å². The predicted molar refractivity (Wildman–Crippen MR) is 93.5 cm³/mol. The second-order valence-electron chi connectivity index (χ2n) is 5.75. The van der Waals surface area contributed by atoms with Gasteiger partial charge in [-0.05, 0) is 42.3 Å². The van der Waals surface area contributed by atoms with Crippen molar-refractivity contribution in [2.45, 2.75) is 6.42 Å². The number of nitrogens with one attached hydrogen (secondary N) is 1. The molecule has 6 heteroatoms. The van der Waals surface area contributed by atoms with Crippen LogP contribution in [-0.4, -0.2) is 22.4 Å². The highest BCUT2D eigenvalue weighted by Gasteiger charge is 2.26. The number of carbonyl (C=O) groups is 1. The van der Waals surface area contributed by atoms with E-state index < -0.39 is 0 Å². The van der Waals surface area contributed by atoms with Gasteiger partial charge in [0.05, 0.1) is 12.4 Å². The molecule has 25 heavy (non-hydrogen) atoms.